The molecule has 0 atom stereocenters. The maximum atomic E-state index is 13.3. The van der Waals surface area contributed by atoms with Gasteiger partial charge in [-0.05, 0) is 44.4 Å². The quantitative estimate of drug-likeness (QED) is 0.732. The third kappa shape index (κ3) is 3.24. The van der Waals surface area contributed by atoms with E-state index < -0.39 is 5.54 Å². The number of amides is 4. The molecule has 7 nitrogen and oxygen atoms in total. The van der Waals surface area contributed by atoms with Crippen molar-refractivity contribution in [2.45, 2.75) is 38.8 Å². The van der Waals surface area contributed by atoms with E-state index in [-0.39, 0.29) is 17.8 Å². The van der Waals surface area contributed by atoms with Crippen molar-refractivity contribution in [1.29, 1.82) is 0 Å². The third-order valence-corrected chi connectivity index (χ3v) is 6.24. The molecule has 156 valence electrons. The number of benzene rings is 1. The molecule has 0 unspecified atom stereocenters. The molecule has 1 spiro atoms. The first-order valence-electron chi connectivity index (χ1n) is 10.4. The molecule has 7 heteroatoms. The molecule has 2 aliphatic heterocycles. The maximum absolute atomic E-state index is 13.3. The van der Waals surface area contributed by atoms with Crippen LogP contribution >= 0.6 is 0 Å². The summed E-state index contributed by atoms with van der Waals surface area (Å²) < 4.78 is 0. The van der Waals surface area contributed by atoms with Crippen molar-refractivity contribution < 1.29 is 14.4 Å². The molecule has 2 aliphatic rings. The molecule has 0 N–H and O–H groups in total. The van der Waals surface area contributed by atoms with Gasteiger partial charge in [0.05, 0.1) is 5.56 Å². The molecule has 3 heterocycles. The van der Waals surface area contributed by atoms with Crippen LogP contribution in [0.4, 0.5) is 4.79 Å². The lowest BCUT2D eigenvalue weighted by Gasteiger charge is -2.42. The first-order valence-corrected chi connectivity index (χ1v) is 10.4. The number of rotatable bonds is 4. The highest BCUT2D eigenvalue weighted by Crippen LogP contribution is 2.38. The average Bonchev–Trinajstić information content (AvgIpc) is 2.96. The number of pyridine rings is 1. The van der Waals surface area contributed by atoms with Gasteiger partial charge in [-0.3, -0.25) is 19.5 Å². The van der Waals surface area contributed by atoms with Crippen LogP contribution in [0.3, 0.4) is 0 Å². The standard InChI is InChI=1S/C23H26N4O3/c1-3-26-21(29)23(27(22(26)30)16-18-8-5-4-6-9-18)11-14-25(15-12-23)20(28)19-10-7-13-24-17(19)2/h4-10,13H,3,11-12,14-16H2,1-2H3. The van der Waals surface area contributed by atoms with Gasteiger partial charge < -0.3 is 9.80 Å². The number of likely N-dealkylation sites (N-methyl/N-ethyl adjacent to an activating group) is 1. The van der Waals surface area contributed by atoms with Gasteiger partial charge in [0.15, 0.2) is 0 Å². The minimum absolute atomic E-state index is 0.0748. The fourth-order valence-electron chi connectivity index (χ4n) is 4.49. The molecule has 4 rings (SSSR count). The molecule has 1 aromatic heterocycles. The van der Waals surface area contributed by atoms with E-state index in [0.29, 0.717) is 50.3 Å². The summed E-state index contributed by atoms with van der Waals surface area (Å²) in [5.41, 5.74) is 1.38. The molecule has 2 saturated heterocycles. The number of aryl methyl sites for hydroxylation is 1. The number of hydrogen-bond donors (Lipinski definition) is 0. The summed E-state index contributed by atoms with van der Waals surface area (Å²) in [6.07, 6.45) is 2.54. The Morgan fingerprint density at radius 3 is 2.40 bits per heavy atom. The van der Waals surface area contributed by atoms with Gasteiger partial charge in [-0.15, -0.1) is 0 Å². The van der Waals surface area contributed by atoms with Crippen molar-refractivity contribution >= 4 is 17.8 Å². The van der Waals surface area contributed by atoms with Crippen LogP contribution in [0, 0.1) is 6.92 Å². The van der Waals surface area contributed by atoms with Crippen LogP contribution in [0.25, 0.3) is 0 Å². The molecule has 30 heavy (non-hydrogen) atoms. The highest BCUT2D eigenvalue weighted by Gasteiger charge is 2.57. The first kappa shape index (κ1) is 20.1. The third-order valence-electron chi connectivity index (χ3n) is 6.24. The summed E-state index contributed by atoms with van der Waals surface area (Å²) >= 11 is 0. The van der Waals surface area contributed by atoms with Crippen molar-refractivity contribution in [2.75, 3.05) is 19.6 Å². The molecule has 0 aliphatic carbocycles. The van der Waals surface area contributed by atoms with Gasteiger partial charge in [0.1, 0.15) is 5.54 Å². The van der Waals surface area contributed by atoms with Crippen LogP contribution < -0.4 is 0 Å². The van der Waals surface area contributed by atoms with Gasteiger partial charge >= 0.3 is 6.03 Å². The van der Waals surface area contributed by atoms with Crippen LogP contribution in [0.15, 0.2) is 48.7 Å². The van der Waals surface area contributed by atoms with Gasteiger partial charge in [-0.1, -0.05) is 30.3 Å². The summed E-state index contributed by atoms with van der Waals surface area (Å²) in [5, 5.41) is 0. The minimum atomic E-state index is -0.885. The summed E-state index contributed by atoms with van der Waals surface area (Å²) in [4.78, 5) is 48.3. The Balaban J connectivity index is 1.57. The molecule has 4 amide bonds. The predicted molar refractivity (Wildman–Crippen MR) is 112 cm³/mol. The highest BCUT2D eigenvalue weighted by atomic mass is 16.2. The van der Waals surface area contributed by atoms with E-state index in [1.165, 1.54) is 4.90 Å². The smallest absolute Gasteiger partial charge is 0.327 e. The van der Waals surface area contributed by atoms with E-state index in [2.05, 4.69) is 4.98 Å². The Labute approximate surface area is 176 Å². The van der Waals surface area contributed by atoms with Crippen molar-refractivity contribution in [1.82, 2.24) is 19.7 Å². The SMILES string of the molecule is CCN1C(=O)N(Cc2ccccc2)C2(CCN(C(=O)c3cccnc3C)CC2)C1=O. The lowest BCUT2D eigenvalue weighted by atomic mass is 9.85. The average molecular weight is 406 g/mol. The molecular formula is C23H26N4O3. The molecule has 2 fully saturated rings. The zero-order valence-electron chi connectivity index (χ0n) is 17.4. The van der Waals surface area contributed by atoms with Gasteiger partial charge in [0.2, 0.25) is 0 Å². The summed E-state index contributed by atoms with van der Waals surface area (Å²) in [7, 11) is 0. The van der Waals surface area contributed by atoms with Gasteiger partial charge in [0, 0.05) is 38.1 Å². The van der Waals surface area contributed by atoms with Crippen LogP contribution in [0.2, 0.25) is 0 Å². The van der Waals surface area contributed by atoms with Gasteiger partial charge in [-0.2, -0.15) is 0 Å². The second-order valence-corrected chi connectivity index (χ2v) is 7.86. The molecule has 0 bridgehead atoms. The van der Waals surface area contributed by atoms with E-state index >= 15 is 0 Å². The van der Waals surface area contributed by atoms with Crippen molar-refractivity contribution in [2.24, 2.45) is 0 Å². The van der Waals surface area contributed by atoms with Crippen LogP contribution in [-0.4, -0.2) is 62.7 Å². The van der Waals surface area contributed by atoms with E-state index in [1.807, 2.05) is 44.2 Å². The van der Waals surface area contributed by atoms with Crippen LogP contribution in [0.5, 0.6) is 0 Å². The molecule has 1 aromatic carbocycles. The Hall–Kier alpha value is -3.22. The lowest BCUT2D eigenvalue weighted by Crippen LogP contribution is -2.57. The number of urea groups is 1. The Morgan fingerprint density at radius 2 is 1.77 bits per heavy atom. The Morgan fingerprint density at radius 1 is 1.07 bits per heavy atom. The lowest BCUT2D eigenvalue weighted by molar-refractivity contribution is -0.135. The monoisotopic (exact) mass is 406 g/mol. The normalized spacial score (nSPS) is 18.4. The molecule has 0 radical (unpaired) electrons. The van der Waals surface area contributed by atoms with E-state index in [1.54, 1.807) is 28.1 Å². The van der Waals surface area contributed by atoms with Crippen molar-refractivity contribution in [3.05, 3.63) is 65.5 Å². The fraction of sp³-hybridized carbons (Fsp3) is 0.391. The topological polar surface area (TPSA) is 73.8 Å². The molecular weight excluding hydrogens is 380 g/mol. The van der Waals surface area contributed by atoms with Crippen LogP contribution in [0.1, 0.15) is 41.4 Å². The summed E-state index contributed by atoms with van der Waals surface area (Å²) in [6, 6.07) is 13.0. The van der Waals surface area contributed by atoms with Crippen molar-refractivity contribution in [3.8, 4) is 0 Å². The van der Waals surface area contributed by atoms with Crippen LogP contribution in [-0.2, 0) is 11.3 Å². The highest BCUT2D eigenvalue weighted by molar-refractivity contribution is 6.07. The number of carbonyl (C=O) groups is 3. The second-order valence-electron chi connectivity index (χ2n) is 7.86. The molecule has 2 aromatic rings. The number of imide groups is 1. The number of nitrogens with zero attached hydrogens (tertiary/aromatic N) is 4. The minimum Gasteiger partial charge on any atom is -0.338 e. The zero-order chi connectivity index (χ0) is 21.3. The Bertz CT molecular complexity index is 967. The van der Waals surface area contributed by atoms with Crippen molar-refractivity contribution in [3.63, 3.8) is 0 Å². The maximum Gasteiger partial charge on any atom is 0.327 e. The number of likely N-dealkylation sites (tertiary alicyclic amines) is 1. The van der Waals surface area contributed by atoms with Gasteiger partial charge in [0.25, 0.3) is 11.8 Å². The number of hydrogen-bond acceptors (Lipinski definition) is 4. The number of carbonyl (C=O) groups excluding carboxylic acids is 3. The summed E-state index contributed by atoms with van der Waals surface area (Å²) in [6.45, 7) is 5.22. The number of aromatic nitrogens is 1. The predicted octanol–water partition coefficient (Wildman–Crippen LogP) is 2.85. The van der Waals surface area contributed by atoms with E-state index in [4.69, 9.17) is 0 Å². The van der Waals surface area contributed by atoms with Gasteiger partial charge in [-0.25, -0.2) is 4.79 Å². The first-order chi connectivity index (χ1) is 14.5. The Kier molecular flexibility index (Phi) is 5.28. The van der Waals surface area contributed by atoms with E-state index in [0.717, 1.165) is 5.56 Å². The van der Waals surface area contributed by atoms with E-state index in [9.17, 15) is 14.4 Å². The largest absolute Gasteiger partial charge is 0.338 e. The molecule has 0 saturated carbocycles. The fourth-order valence-corrected chi connectivity index (χ4v) is 4.49. The number of piperidine rings is 1. The summed E-state index contributed by atoms with van der Waals surface area (Å²) in [5.74, 6) is -0.218. The zero-order valence-corrected chi connectivity index (χ0v) is 17.4. The second kappa shape index (κ2) is 7.89.